The van der Waals surface area contributed by atoms with E-state index in [0.29, 0.717) is 32.3 Å². The van der Waals surface area contributed by atoms with E-state index in [1.165, 1.54) is 24.3 Å². The van der Waals surface area contributed by atoms with Crippen molar-refractivity contribution in [2.24, 2.45) is 16.6 Å². The number of carbonyl (C=O) groups excluding carboxylic acids is 1. The normalized spacial score (nSPS) is 11.5. The van der Waals surface area contributed by atoms with Crippen LogP contribution in [0.1, 0.15) is 15.9 Å². The van der Waals surface area contributed by atoms with Crippen molar-refractivity contribution in [2.75, 3.05) is 0 Å². The first-order chi connectivity index (χ1) is 26.4. The van der Waals surface area contributed by atoms with E-state index in [1.54, 1.807) is 12.1 Å². The van der Waals surface area contributed by atoms with Crippen molar-refractivity contribution >= 4 is 56.8 Å². The number of hydrogen-bond acceptors (Lipinski definition) is 3. The molecule has 0 atom stereocenters. The third-order valence-electron chi connectivity index (χ3n) is 8.89. The number of nitrogens with two attached hydrogens (primary N) is 2. The molecular weight excluding hydrogens is 753 g/mol. The first-order valence-electron chi connectivity index (χ1n) is 16.4. The SMILES string of the molecule is NC(=NO)c1cc(Cl)cc(-c2ccc3[nH]ccc3c2)c1-c1cc(F)cc(F)c1.NC(=O)c1cc(Cl)cc(-c2ccc3[nH]ccc3c2)c1-c1cc(F)cc(F)c1. The van der Waals surface area contributed by atoms with E-state index < -0.39 is 29.2 Å². The van der Waals surface area contributed by atoms with Crippen molar-refractivity contribution < 1.29 is 27.6 Å². The number of aromatic nitrogens is 2. The summed E-state index contributed by atoms with van der Waals surface area (Å²) < 4.78 is 55.5. The highest BCUT2D eigenvalue weighted by atomic mass is 35.5. The molecule has 274 valence electrons. The second kappa shape index (κ2) is 15.1. The summed E-state index contributed by atoms with van der Waals surface area (Å²) in [5.41, 5.74) is 17.5. The van der Waals surface area contributed by atoms with Crippen molar-refractivity contribution in [3.05, 3.63) is 166 Å². The number of nitrogens with zero attached hydrogens (tertiary/aromatic N) is 1. The Balaban J connectivity index is 0.000000169. The van der Waals surface area contributed by atoms with Crippen molar-refractivity contribution in [3.8, 4) is 44.5 Å². The zero-order valence-electron chi connectivity index (χ0n) is 28.3. The predicted molar refractivity (Wildman–Crippen MR) is 209 cm³/mol. The van der Waals surface area contributed by atoms with Crippen LogP contribution in [0.2, 0.25) is 10.0 Å². The van der Waals surface area contributed by atoms with E-state index in [9.17, 15) is 27.6 Å². The van der Waals surface area contributed by atoms with Crippen LogP contribution in [-0.4, -0.2) is 26.9 Å². The Morgan fingerprint density at radius 2 is 0.964 bits per heavy atom. The maximum Gasteiger partial charge on any atom is 0.249 e. The highest BCUT2D eigenvalue weighted by molar-refractivity contribution is 6.32. The Hall–Kier alpha value is -6.56. The number of rotatable bonds is 6. The molecule has 7 nitrogen and oxygen atoms in total. The summed E-state index contributed by atoms with van der Waals surface area (Å²) in [6, 6.07) is 27.6. The number of aromatic amines is 2. The number of nitrogens with one attached hydrogen (secondary N) is 2. The lowest BCUT2D eigenvalue weighted by molar-refractivity contribution is 0.100. The van der Waals surface area contributed by atoms with E-state index in [1.807, 2.05) is 60.9 Å². The lowest BCUT2D eigenvalue weighted by atomic mass is 9.89. The van der Waals surface area contributed by atoms with Gasteiger partial charge in [0.05, 0.1) is 0 Å². The number of carbonyl (C=O) groups is 1. The van der Waals surface area contributed by atoms with Gasteiger partial charge in [-0.2, -0.15) is 0 Å². The molecule has 0 saturated heterocycles. The molecule has 13 heteroatoms. The van der Waals surface area contributed by atoms with Crippen LogP contribution >= 0.6 is 23.2 Å². The van der Waals surface area contributed by atoms with Gasteiger partial charge in [-0.1, -0.05) is 40.5 Å². The standard InChI is InChI=1S/C21H14ClF2N3O.C21H13ClF2N2O/c22-14-8-17(11-1-2-19-12(5-11)3-4-26-19)20(18(9-14)21(25)27-28)13-6-15(23)10-16(24)7-13;22-14-8-17(11-1-2-19-12(5-11)3-4-26-19)20(18(9-14)21(25)27)13-6-15(23)10-16(24)7-13/h1-10,26,28H,(H2,25,27);1-10,26H,(H2,25,27). The smallest absolute Gasteiger partial charge is 0.249 e. The van der Waals surface area contributed by atoms with Crippen LogP contribution in [0.3, 0.4) is 0 Å². The van der Waals surface area contributed by atoms with Crippen molar-refractivity contribution in [3.63, 3.8) is 0 Å². The molecule has 8 aromatic rings. The first-order valence-corrected chi connectivity index (χ1v) is 17.2. The van der Waals surface area contributed by atoms with Crippen molar-refractivity contribution in [2.45, 2.75) is 0 Å². The number of amidine groups is 1. The molecule has 0 aliphatic carbocycles. The quantitative estimate of drug-likeness (QED) is 0.0378. The molecule has 0 radical (unpaired) electrons. The fourth-order valence-electron chi connectivity index (χ4n) is 6.58. The monoisotopic (exact) mass is 779 g/mol. The highest BCUT2D eigenvalue weighted by Gasteiger charge is 2.21. The van der Waals surface area contributed by atoms with Crippen LogP contribution in [0.25, 0.3) is 66.3 Å². The molecule has 2 heterocycles. The number of primary amides is 1. The molecule has 0 unspecified atom stereocenters. The van der Waals surface area contributed by atoms with Crippen LogP contribution in [0, 0.1) is 23.3 Å². The lowest BCUT2D eigenvalue weighted by Gasteiger charge is -2.16. The molecule has 0 spiro atoms. The number of halogens is 6. The van der Waals surface area contributed by atoms with Crippen LogP contribution in [0.5, 0.6) is 0 Å². The first kappa shape index (κ1) is 36.8. The lowest BCUT2D eigenvalue weighted by Crippen LogP contribution is -2.15. The molecular formula is C42H27Cl2F4N5O2. The molecule has 7 N–H and O–H groups in total. The molecule has 2 aromatic heterocycles. The Morgan fingerprint density at radius 3 is 1.38 bits per heavy atom. The van der Waals surface area contributed by atoms with Gasteiger partial charge < -0.3 is 26.6 Å². The van der Waals surface area contributed by atoms with E-state index >= 15 is 0 Å². The van der Waals surface area contributed by atoms with E-state index in [4.69, 9.17) is 34.7 Å². The average molecular weight is 781 g/mol. The molecule has 0 fully saturated rings. The van der Waals surface area contributed by atoms with E-state index in [2.05, 4.69) is 15.1 Å². The highest BCUT2D eigenvalue weighted by Crippen LogP contribution is 2.40. The van der Waals surface area contributed by atoms with Gasteiger partial charge in [0.1, 0.15) is 23.3 Å². The maximum atomic E-state index is 13.9. The van der Waals surface area contributed by atoms with Gasteiger partial charge in [-0.3, -0.25) is 4.79 Å². The molecule has 8 rings (SSSR count). The largest absolute Gasteiger partial charge is 0.409 e. The Morgan fingerprint density at radius 1 is 0.545 bits per heavy atom. The summed E-state index contributed by atoms with van der Waals surface area (Å²) >= 11 is 12.5. The third kappa shape index (κ3) is 7.61. The Labute approximate surface area is 320 Å². The molecule has 0 saturated carbocycles. The van der Waals surface area contributed by atoms with Crippen molar-refractivity contribution in [1.29, 1.82) is 0 Å². The minimum atomic E-state index is -0.748. The fraction of sp³-hybridized carbons (Fsp3) is 0. The number of fused-ring (bicyclic) bond motifs is 2. The molecule has 1 amide bonds. The zero-order chi connectivity index (χ0) is 39.0. The minimum absolute atomic E-state index is 0.0941. The summed E-state index contributed by atoms with van der Waals surface area (Å²) in [5, 5.41) is 14.8. The van der Waals surface area contributed by atoms with Gasteiger partial charge in [0.2, 0.25) is 5.91 Å². The molecule has 6 aromatic carbocycles. The van der Waals surface area contributed by atoms with Crippen molar-refractivity contribution in [1.82, 2.24) is 9.97 Å². The summed E-state index contributed by atoms with van der Waals surface area (Å²) in [6.45, 7) is 0. The van der Waals surface area contributed by atoms with Gasteiger partial charge in [-0.25, -0.2) is 17.6 Å². The maximum absolute atomic E-state index is 13.9. The fourth-order valence-corrected chi connectivity index (χ4v) is 7.02. The zero-order valence-corrected chi connectivity index (χ0v) is 29.8. The number of hydrogen-bond donors (Lipinski definition) is 5. The topological polar surface area (TPSA) is 133 Å². The third-order valence-corrected chi connectivity index (χ3v) is 9.32. The van der Waals surface area contributed by atoms with Crippen LogP contribution in [-0.2, 0) is 0 Å². The van der Waals surface area contributed by atoms with Gasteiger partial charge in [0.15, 0.2) is 5.84 Å². The summed E-state index contributed by atoms with van der Waals surface area (Å²) in [5.74, 6) is -3.91. The average Bonchev–Trinajstić information content (AvgIpc) is 3.82. The second-order valence-electron chi connectivity index (χ2n) is 12.5. The van der Waals surface area contributed by atoms with Gasteiger partial charge in [-0.05, 0) is 129 Å². The number of H-pyrrole nitrogens is 2. The summed E-state index contributed by atoms with van der Waals surface area (Å²) in [4.78, 5) is 18.3. The van der Waals surface area contributed by atoms with Gasteiger partial charge in [0, 0.05) is 67.9 Å². The minimum Gasteiger partial charge on any atom is -0.409 e. The predicted octanol–water partition coefficient (Wildman–Crippen LogP) is 11.1. The van der Waals surface area contributed by atoms with Crippen LogP contribution in [0.4, 0.5) is 17.6 Å². The number of oxime groups is 1. The summed E-state index contributed by atoms with van der Waals surface area (Å²) in [6.07, 6.45) is 3.63. The van der Waals surface area contributed by atoms with Gasteiger partial charge >= 0.3 is 0 Å². The summed E-state index contributed by atoms with van der Waals surface area (Å²) in [7, 11) is 0. The van der Waals surface area contributed by atoms with Gasteiger partial charge in [-0.15, -0.1) is 0 Å². The van der Waals surface area contributed by atoms with E-state index in [0.717, 1.165) is 57.2 Å². The van der Waals surface area contributed by atoms with E-state index in [-0.39, 0.29) is 28.1 Å². The second-order valence-corrected chi connectivity index (χ2v) is 13.3. The molecule has 0 bridgehead atoms. The van der Waals surface area contributed by atoms with Crippen LogP contribution in [0.15, 0.2) is 127 Å². The van der Waals surface area contributed by atoms with Gasteiger partial charge in [0.25, 0.3) is 0 Å². The van der Waals surface area contributed by atoms with Crippen LogP contribution < -0.4 is 11.5 Å². The Kier molecular flexibility index (Phi) is 10.1. The molecule has 0 aliphatic rings. The number of amides is 1. The molecule has 0 aliphatic heterocycles. The Bertz CT molecular complexity index is 2780. The molecule has 55 heavy (non-hydrogen) atoms. The number of benzene rings is 6.